The second kappa shape index (κ2) is 6.69. The molecule has 1 rings (SSSR count). The number of methoxy groups -OCH3 is 1. The van der Waals surface area contributed by atoms with Crippen LogP contribution >= 0.6 is 0 Å². The van der Waals surface area contributed by atoms with Crippen molar-refractivity contribution in [2.75, 3.05) is 7.11 Å². The van der Waals surface area contributed by atoms with Crippen molar-refractivity contribution in [3.63, 3.8) is 0 Å². The number of nitrogens with one attached hydrogen (secondary N) is 3. The molecule has 0 aliphatic rings. The average molecular weight is 283 g/mol. The average Bonchev–Trinajstić information content (AvgIpc) is 2.33. The number of amides is 1. The van der Waals surface area contributed by atoms with Crippen molar-refractivity contribution < 1.29 is 14.3 Å². The summed E-state index contributed by atoms with van der Waals surface area (Å²) in [7, 11) is 1.23. The molecule has 0 fully saturated rings. The number of carbonyl (C=O) groups excluding carboxylic acids is 2. The van der Waals surface area contributed by atoms with E-state index in [4.69, 9.17) is 0 Å². The number of hydrogen-bond donors (Lipinski definition) is 3. The lowest BCUT2D eigenvalue weighted by Gasteiger charge is -2.19. The number of ether oxygens (including phenoxy) is 1. The largest absolute Gasteiger partial charge is 0.467 e. The summed E-state index contributed by atoms with van der Waals surface area (Å²) < 4.78 is 4.60. The molecule has 3 N–H and O–H groups in total. The summed E-state index contributed by atoms with van der Waals surface area (Å²) in [6.07, 6.45) is -0.209. The van der Waals surface area contributed by atoms with Gasteiger partial charge in [0.1, 0.15) is 6.04 Å². The summed E-state index contributed by atoms with van der Waals surface area (Å²) in [6, 6.07) is 0.338. The summed E-state index contributed by atoms with van der Waals surface area (Å²) >= 11 is 0. The van der Waals surface area contributed by atoms with Crippen LogP contribution in [0, 0.1) is 5.92 Å². The molecule has 8 heteroatoms. The van der Waals surface area contributed by atoms with Crippen molar-refractivity contribution in [3.05, 3.63) is 32.6 Å². The molecule has 1 unspecified atom stereocenters. The zero-order chi connectivity index (χ0) is 15.3. The first kappa shape index (κ1) is 15.7. The molecular weight excluding hydrogens is 266 g/mol. The third-order valence-electron chi connectivity index (χ3n) is 2.61. The van der Waals surface area contributed by atoms with Crippen LogP contribution in [0.5, 0.6) is 0 Å². The monoisotopic (exact) mass is 283 g/mol. The maximum absolute atomic E-state index is 11.8. The highest BCUT2D eigenvalue weighted by atomic mass is 16.5. The van der Waals surface area contributed by atoms with E-state index in [9.17, 15) is 19.2 Å². The molecule has 0 aliphatic heterocycles. The van der Waals surface area contributed by atoms with E-state index in [0.717, 1.165) is 6.07 Å². The molecule has 0 saturated heterocycles. The molecule has 1 amide bonds. The summed E-state index contributed by atoms with van der Waals surface area (Å²) in [6.45, 7) is 3.52. The van der Waals surface area contributed by atoms with E-state index in [1.807, 2.05) is 4.98 Å². The fourth-order valence-electron chi connectivity index (χ4n) is 1.64. The number of rotatable bonds is 5. The molecule has 0 spiro atoms. The second-order valence-electron chi connectivity index (χ2n) is 4.60. The first-order valence-electron chi connectivity index (χ1n) is 6.03. The second-order valence-corrected chi connectivity index (χ2v) is 4.60. The number of aromatic nitrogens is 2. The zero-order valence-corrected chi connectivity index (χ0v) is 11.5. The summed E-state index contributed by atoms with van der Waals surface area (Å²) in [4.78, 5) is 49.8. The third-order valence-corrected chi connectivity index (χ3v) is 2.61. The van der Waals surface area contributed by atoms with Crippen molar-refractivity contribution in [2.45, 2.75) is 26.3 Å². The van der Waals surface area contributed by atoms with E-state index in [1.54, 1.807) is 13.8 Å². The van der Waals surface area contributed by atoms with Gasteiger partial charge >= 0.3 is 11.7 Å². The van der Waals surface area contributed by atoms with Crippen molar-refractivity contribution in [1.29, 1.82) is 0 Å². The molecule has 0 aromatic carbocycles. The molecule has 1 atom stereocenters. The van der Waals surface area contributed by atoms with Crippen LogP contribution in [-0.2, 0) is 20.7 Å². The van der Waals surface area contributed by atoms with Crippen molar-refractivity contribution in [3.8, 4) is 0 Å². The van der Waals surface area contributed by atoms with Crippen LogP contribution < -0.4 is 16.6 Å². The van der Waals surface area contributed by atoms with Gasteiger partial charge in [-0.3, -0.25) is 14.6 Å². The van der Waals surface area contributed by atoms with E-state index < -0.39 is 29.2 Å². The predicted molar refractivity (Wildman–Crippen MR) is 70.2 cm³/mol. The minimum absolute atomic E-state index is 0.148. The van der Waals surface area contributed by atoms with Gasteiger partial charge in [0.15, 0.2) is 0 Å². The van der Waals surface area contributed by atoms with Gasteiger partial charge in [0.2, 0.25) is 5.91 Å². The lowest BCUT2D eigenvalue weighted by molar-refractivity contribution is -0.146. The Hall–Kier alpha value is -2.38. The predicted octanol–water partition coefficient (Wildman–Crippen LogP) is -1.08. The quantitative estimate of drug-likeness (QED) is 0.593. The van der Waals surface area contributed by atoms with Crippen LogP contribution in [0.25, 0.3) is 0 Å². The molecule has 0 aliphatic carbocycles. The van der Waals surface area contributed by atoms with E-state index in [1.165, 1.54) is 7.11 Å². The smallest absolute Gasteiger partial charge is 0.328 e. The highest BCUT2D eigenvalue weighted by Crippen LogP contribution is 2.04. The molecule has 20 heavy (non-hydrogen) atoms. The van der Waals surface area contributed by atoms with Crippen LogP contribution in [0.15, 0.2) is 15.7 Å². The Labute approximate surface area is 114 Å². The lowest BCUT2D eigenvalue weighted by Crippen LogP contribution is -2.45. The Bertz CT molecular complexity index is 573. The maximum Gasteiger partial charge on any atom is 0.328 e. The number of hydrogen-bond acceptors (Lipinski definition) is 5. The number of esters is 1. The van der Waals surface area contributed by atoms with Gasteiger partial charge in [-0.1, -0.05) is 13.8 Å². The highest BCUT2D eigenvalue weighted by Gasteiger charge is 2.24. The van der Waals surface area contributed by atoms with E-state index in [2.05, 4.69) is 15.0 Å². The van der Waals surface area contributed by atoms with E-state index in [-0.39, 0.29) is 18.0 Å². The van der Waals surface area contributed by atoms with Gasteiger partial charge in [-0.05, 0) is 5.92 Å². The number of carbonyl (C=O) groups is 2. The maximum atomic E-state index is 11.8. The first-order valence-corrected chi connectivity index (χ1v) is 6.03. The molecular formula is C12H17N3O5. The molecule has 1 aromatic heterocycles. The van der Waals surface area contributed by atoms with Gasteiger partial charge in [-0.15, -0.1) is 0 Å². The normalized spacial score (nSPS) is 12.0. The number of H-pyrrole nitrogens is 2. The third kappa shape index (κ3) is 4.38. The van der Waals surface area contributed by atoms with Gasteiger partial charge < -0.3 is 15.0 Å². The summed E-state index contributed by atoms with van der Waals surface area (Å²) in [5.41, 5.74) is -1.11. The molecule has 0 bridgehead atoms. The Morgan fingerprint density at radius 1 is 1.30 bits per heavy atom. The van der Waals surface area contributed by atoms with Crippen LogP contribution in [0.4, 0.5) is 0 Å². The molecule has 1 aromatic rings. The first-order chi connectivity index (χ1) is 9.33. The molecule has 0 saturated carbocycles. The Morgan fingerprint density at radius 3 is 2.45 bits per heavy atom. The standard InChI is InChI=1S/C12H17N3O5/c1-6(2)10(11(18)20-3)14-8(16)4-7-5-9(17)15-12(19)13-7/h5-6,10H,4H2,1-3H3,(H,14,16)(H2,13,15,17,19). The fourth-order valence-corrected chi connectivity index (χ4v) is 1.64. The van der Waals surface area contributed by atoms with Gasteiger partial charge in [-0.25, -0.2) is 9.59 Å². The SMILES string of the molecule is COC(=O)C(NC(=O)Cc1cc(=O)[nH]c(=O)[nH]1)C(C)C. The fraction of sp³-hybridized carbons (Fsp3) is 0.500. The van der Waals surface area contributed by atoms with E-state index >= 15 is 0 Å². The molecule has 0 radical (unpaired) electrons. The molecule has 110 valence electrons. The summed E-state index contributed by atoms with van der Waals surface area (Å²) in [5, 5.41) is 2.51. The number of aromatic amines is 2. The minimum atomic E-state index is -0.777. The Kier molecular flexibility index (Phi) is 5.24. The minimum Gasteiger partial charge on any atom is -0.467 e. The van der Waals surface area contributed by atoms with Crippen molar-refractivity contribution in [1.82, 2.24) is 15.3 Å². The zero-order valence-electron chi connectivity index (χ0n) is 11.5. The van der Waals surface area contributed by atoms with E-state index in [0.29, 0.717) is 0 Å². The molecule has 8 nitrogen and oxygen atoms in total. The van der Waals surface area contributed by atoms with Crippen LogP contribution in [0.3, 0.4) is 0 Å². The van der Waals surface area contributed by atoms with Crippen molar-refractivity contribution >= 4 is 11.9 Å². The van der Waals surface area contributed by atoms with Crippen LogP contribution in [0.2, 0.25) is 0 Å². The summed E-state index contributed by atoms with van der Waals surface area (Å²) in [5.74, 6) is -1.19. The Balaban J connectivity index is 2.78. The van der Waals surface area contributed by atoms with Crippen LogP contribution in [-0.4, -0.2) is 35.0 Å². The van der Waals surface area contributed by atoms with Crippen molar-refractivity contribution in [2.24, 2.45) is 5.92 Å². The van der Waals surface area contributed by atoms with Gasteiger partial charge in [0.25, 0.3) is 5.56 Å². The van der Waals surface area contributed by atoms with Gasteiger partial charge in [0, 0.05) is 11.8 Å². The topological polar surface area (TPSA) is 121 Å². The van der Waals surface area contributed by atoms with Gasteiger partial charge in [0.05, 0.1) is 13.5 Å². The lowest BCUT2D eigenvalue weighted by atomic mass is 10.0. The molecule has 1 heterocycles. The van der Waals surface area contributed by atoms with Gasteiger partial charge in [-0.2, -0.15) is 0 Å². The highest BCUT2D eigenvalue weighted by molar-refractivity contribution is 5.85. The Morgan fingerprint density at radius 2 is 1.95 bits per heavy atom. The van der Waals surface area contributed by atoms with Crippen LogP contribution in [0.1, 0.15) is 19.5 Å².